The Bertz CT molecular complexity index is 451. The van der Waals surface area contributed by atoms with E-state index in [2.05, 4.69) is 16.2 Å². The van der Waals surface area contributed by atoms with E-state index in [0.29, 0.717) is 24.3 Å². The van der Waals surface area contributed by atoms with E-state index in [1.165, 1.54) is 0 Å². The molecule has 0 N–H and O–H groups in total. The molecule has 3 rings (SSSR count). The summed E-state index contributed by atoms with van der Waals surface area (Å²) in [5.74, 6) is 1.54. The van der Waals surface area contributed by atoms with Gasteiger partial charge in [-0.05, 0) is 26.2 Å². The van der Waals surface area contributed by atoms with E-state index in [0.717, 1.165) is 25.1 Å². The molecule has 0 amide bonds. The number of fused-ring (bicyclic) bond motifs is 2. The van der Waals surface area contributed by atoms with E-state index in [9.17, 15) is 0 Å². The second-order valence-corrected chi connectivity index (χ2v) is 5.00. The van der Waals surface area contributed by atoms with E-state index >= 15 is 0 Å². The molecule has 90 valence electrons. The Morgan fingerprint density at radius 3 is 3.06 bits per heavy atom. The predicted octanol–water partition coefficient (Wildman–Crippen LogP) is 1.81. The topological polar surface area (TPSA) is 71.9 Å². The molecule has 5 nitrogen and oxygen atoms in total. The fourth-order valence-corrected chi connectivity index (χ4v) is 2.72. The summed E-state index contributed by atoms with van der Waals surface area (Å²) in [6.07, 6.45) is 4.48. The van der Waals surface area contributed by atoms with Gasteiger partial charge in [0.05, 0.1) is 30.1 Å². The van der Waals surface area contributed by atoms with Gasteiger partial charge in [-0.1, -0.05) is 5.16 Å². The van der Waals surface area contributed by atoms with Crippen LogP contribution in [-0.2, 0) is 11.2 Å². The number of aromatic nitrogens is 2. The molecule has 2 aliphatic rings. The largest absolute Gasteiger partial charge is 0.374 e. The zero-order chi connectivity index (χ0) is 11.8. The minimum Gasteiger partial charge on any atom is -0.374 e. The number of ether oxygens (including phenoxy) is 1. The van der Waals surface area contributed by atoms with Crippen molar-refractivity contribution in [2.24, 2.45) is 5.92 Å². The number of nitrogens with zero attached hydrogens (tertiary/aromatic N) is 3. The standard InChI is InChI=1S/C12H15N3O2/c1-7(6-13)4-11-14-12(15-17-11)9-5-8-2-3-10(9)16-8/h7-10H,2-5H2,1H3. The molecule has 2 fully saturated rings. The molecule has 1 aromatic rings. The van der Waals surface area contributed by atoms with Crippen molar-refractivity contribution in [1.29, 1.82) is 5.26 Å². The Kier molecular flexibility index (Phi) is 2.60. The van der Waals surface area contributed by atoms with Crippen molar-refractivity contribution in [3.63, 3.8) is 0 Å². The summed E-state index contributed by atoms with van der Waals surface area (Å²) >= 11 is 0. The minimum absolute atomic E-state index is 0.0837. The van der Waals surface area contributed by atoms with Crippen LogP contribution in [0.15, 0.2) is 4.52 Å². The fraction of sp³-hybridized carbons (Fsp3) is 0.750. The van der Waals surface area contributed by atoms with Crippen LogP contribution in [0.5, 0.6) is 0 Å². The molecule has 2 bridgehead atoms. The normalized spacial score (nSPS) is 32.6. The molecule has 17 heavy (non-hydrogen) atoms. The van der Waals surface area contributed by atoms with Crippen molar-refractivity contribution < 1.29 is 9.26 Å². The van der Waals surface area contributed by atoms with Gasteiger partial charge in [0.25, 0.3) is 0 Å². The van der Waals surface area contributed by atoms with Crippen molar-refractivity contribution in [2.75, 3.05) is 0 Å². The Morgan fingerprint density at radius 1 is 1.53 bits per heavy atom. The van der Waals surface area contributed by atoms with Crippen molar-refractivity contribution in [2.45, 2.75) is 50.7 Å². The van der Waals surface area contributed by atoms with Gasteiger partial charge < -0.3 is 9.26 Å². The lowest BCUT2D eigenvalue weighted by Gasteiger charge is -2.13. The van der Waals surface area contributed by atoms with Crippen molar-refractivity contribution >= 4 is 0 Å². The van der Waals surface area contributed by atoms with Gasteiger partial charge in [-0.3, -0.25) is 0 Å². The van der Waals surface area contributed by atoms with Crippen LogP contribution in [0.3, 0.4) is 0 Å². The summed E-state index contributed by atoms with van der Waals surface area (Å²) in [5, 5.41) is 12.8. The zero-order valence-corrected chi connectivity index (χ0v) is 9.80. The summed E-state index contributed by atoms with van der Waals surface area (Å²) in [5.41, 5.74) is 0. The van der Waals surface area contributed by atoms with Crippen molar-refractivity contribution in [3.05, 3.63) is 11.7 Å². The van der Waals surface area contributed by atoms with Crippen LogP contribution >= 0.6 is 0 Å². The van der Waals surface area contributed by atoms with Gasteiger partial charge in [-0.25, -0.2) is 0 Å². The van der Waals surface area contributed by atoms with Crippen molar-refractivity contribution in [3.8, 4) is 6.07 Å². The summed E-state index contributed by atoms with van der Waals surface area (Å²) < 4.78 is 11.0. The van der Waals surface area contributed by atoms with E-state index < -0.39 is 0 Å². The first kappa shape index (κ1) is 10.7. The maximum Gasteiger partial charge on any atom is 0.227 e. The Balaban J connectivity index is 1.71. The quantitative estimate of drug-likeness (QED) is 0.796. The molecule has 4 unspecified atom stereocenters. The average Bonchev–Trinajstić information content (AvgIpc) is 3.03. The second-order valence-electron chi connectivity index (χ2n) is 5.00. The SMILES string of the molecule is CC(C#N)Cc1nc(C2CC3CCC2O3)no1. The van der Waals surface area contributed by atoms with Crippen LogP contribution in [-0.4, -0.2) is 22.3 Å². The lowest BCUT2D eigenvalue weighted by atomic mass is 9.89. The zero-order valence-electron chi connectivity index (χ0n) is 9.80. The van der Waals surface area contributed by atoms with E-state index in [-0.39, 0.29) is 12.0 Å². The third kappa shape index (κ3) is 1.93. The third-order valence-corrected chi connectivity index (χ3v) is 3.62. The van der Waals surface area contributed by atoms with Gasteiger partial charge in [0.1, 0.15) is 0 Å². The molecule has 4 atom stereocenters. The molecule has 2 saturated heterocycles. The summed E-state index contributed by atoms with van der Waals surface area (Å²) in [7, 11) is 0. The maximum atomic E-state index is 8.74. The average molecular weight is 233 g/mol. The van der Waals surface area contributed by atoms with Gasteiger partial charge in [0, 0.05) is 6.42 Å². The van der Waals surface area contributed by atoms with Gasteiger partial charge in [0.15, 0.2) is 5.82 Å². The van der Waals surface area contributed by atoms with Crippen LogP contribution in [0.25, 0.3) is 0 Å². The maximum absolute atomic E-state index is 8.74. The van der Waals surface area contributed by atoms with E-state index in [1.807, 2.05) is 6.92 Å². The van der Waals surface area contributed by atoms with Crippen LogP contribution in [0.4, 0.5) is 0 Å². The Morgan fingerprint density at radius 2 is 2.41 bits per heavy atom. The molecule has 0 spiro atoms. The van der Waals surface area contributed by atoms with E-state index in [1.54, 1.807) is 0 Å². The molecule has 5 heteroatoms. The summed E-state index contributed by atoms with van der Waals surface area (Å²) in [4.78, 5) is 4.39. The number of hydrogen-bond acceptors (Lipinski definition) is 5. The Labute approximate surface area is 99.8 Å². The highest BCUT2D eigenvalue weighted by Gasteiger charge is 2.43. The number of hydrogen-bond donors (Lipinski definition) is 0. The highest BCUT2D eigenvalue weighted by atomic mass is 16.5. The van der Waals surface area contributed by atoms with Crippen LogP contribution in [0.2, 0.25) is 0 Å². The van der Waals surface area contributed by atoms with Crippen LogP contribution in [0, 0.1) is 17.2 Å². The fourth-order valence-electron chi connectivity index (χ4n) is 2.72. The third-order valence-electron chi connectivity index (χ3n) is 3.62. The van der Waals surface area contributed by atoms with Crippen molar-refractivity contribution in [1.82, 2.24) is 10.1 Å². The molecule has 0 saturated carbocycles. The van der Waals surface area contributed by atoms with Gasteiger partial charge in [0.2, 0.25) is 5.89 Å². The molecule has 0 aromatic carbocycles. The van der Waals surface area contributed by atoms with Gasteiger partial charge >= 0.3 is 0 Å². The molecular formula is C12H15N3O2. The molecule has 2 aliphatic heterocycles. The smallest absolute Gasteiger partial charge is 0.227 e. The minimum atomic E-state index is -0.0837. The molecule has 0 aliphatic carbocycles. The lowest BCUT2D eigenvalue weighted by Crippen LogP contribution is -2.15. The molecule has 0 radical (unpaired) electrons. The van der Waals surface area contributed by atoms with E-state index in [4.69, 9.17) is 14.5 Å². The first-order valence-electron chi connectivity index (χ1n) is 6.14. The summed E-state index contributed by atoms with van der Waals surface area (Å²) in [6, 6.07) is 2.17. The van der Waals surface area contributed by atoms with Crippen LogP contribution in [0.1, 0.15) is 43.8 Å². The first-order chi connectivity index (χ1) is 8.26. The molecular weight excluding hydrogens is 218 g/mol. The highest BCUT2D eigenvalue weighted by molar-refractivity contribution is 5.07. The monoisotopic (exact) mass is 233 g/mol. The molecule has 3 heterocycles. The summed E-state index contributed by atoms with van der Waals surface area (Å²) in [6.45, 7) is 1.85. The predicted molar refractivity (Wildman–Crippen MR) is 58.0 cm³/mol. The van der Waals surface area contributed by atoms with Gasteiger partial charge in [-0.15, -0.1) is 0 Å². The Hall–Kier alpha value is -1.41. The number of rotatable bonds is 3. The lowest BCUT2D eigenvalue weighted by molar-refractivity contribution is 0.0996. The second kappa shape index (κ2) is 4.11. The van der Waals surface area contributed by atoms with Gasteiger partial charge in [-0.2, -0.15) is 10.2 Å². The highest BCUT2D eigenvalue weighted by Crippen LogP contribution is 2.43. The molecule has 1 aromatic heterocycles. The number of nitriles is 1. The van der Waals surface area contributed by atoms with Crippen LogP contribution < -0.4 is 0 Å². The first-order valence-corrected chi connectivity index (χ1v) is 6.14.